The fourth-order valence-electron chi connectivity index (χ4n) is 4.16. The molecule has 0 fully saturated rings. The van der Waals surface area contributed by atoms with E-state index in [1.807, 2.05) is 0 Å². The van der Waals surface area contributed by atoms with Gasteiger partial charge in [0.2, 0.25) is 0 Å². The highest BCUT2D eigenvalue weighted by Gasteiger charge is 2.39. The number of hydrogen-bond donors (Lipinski definition) is 0. The Morgan fingerprint density at radius 2 is 1.38 bits per heavy atom. The maximum absolute atomic E-state index is 13.4. The van der Waals surface area contributed by atoms with E-state index in [-0.39, 0.29) is 30.6 Å². The number of rotatable bonds is 6. The number of alkyl halides is 9. The van der Waals surface area contributed by atoms with Gasteiger partial charge in [0, 0.05) is 6.54 Å². The maximum atomic E-state index is 13.4. The minimum atomic E-state index is -5.10. The Kier molecular flexibility index (Phi) is 8.84. The smallest absolute Gasteiger partial charge is 0.416 e. The summed E-state index contributed by atoms with van der Waals surface area (Å²) in [5.74, 6) is -1.13. The lowest BCUT2D eigenvalue weighted by molar-refractivity contribution is -0.143. The van der Waals surface area contributed by atoms with E-state index in [0.29, 0.717) is 18.6 Å². The van der Waals surface area contributed by atoms with Gasteiger partial charge in [0.1, 0.15) is 13.2 Å². The Balaban J connectivity index is 1.89. The molecule has 2 aromatic carbocycles. The average molecular weight is 586 g/mol. The SMILES string of the molecule is CCOC(=O)N1c2ccc(C(F)(F)F)cc2N(CC(=O)OCc2cc(C(F)(F)F)cc(C(F)(F)F)c2)C[C@H]1CC. The fraction of sp³-hybridized carbons (Fsp3) is 0.440. The van der Waals surface area contributed by atoms with E-state index in [4.69, 9.17) is 9.47 Å². The van der Waals surface area contributed by atoms with Gasteiger partial charge in [-0.3, -0.25) is 9.69 Å². The number of ether oxygens (including phenoxy) is 2. The monoisotopic (exact) mass is 586 g/mol. The van der Waals surface area contributed by atoms with Crippen LogP contribution < -0.4 is 9.80 Å². The highest BCUT2D eigenvalue weighted by Crippen LogP contribution is 2.41. The number of hydrogen-bond acceptors (Lipinski definition) is 5. The Morgan fingerprint density at radius 1 is 0.800 bits per heavy atom. The molecule has 0 N–H and O–H groups in total. The predicted molar refractivity (Wildman–Crippen MR) is 123 cm³/mol. The molecule has 1 atom stereocenters. The number of nitrogens with zero attached hydrogens (tertiary/aromatic N) is 2. The van der Waals surface area contributed by atoms with Crippen molar-refractivity contribution in [3.05, 3.63) is 58.7 Å². The second-order valence-electron chi connectivity index (χ2n) is 8.79. The number of fused-ring (bicyclic) bond motifs is 1. The molecule has 0 aliphatic carbocycles. The number of halogens is 9. The van der Waals surface area contributed by atoms with Crippen LogP contribution in [-0.2, 0) is 39.4 Å². The fourth-order valence-corrected chi connectivity index (χ4v) is 4.16. The Morgan fingerprint density at radius 3 is 1.88 bits per heavy atom. The van der Waals surface area contributed by atoms with E-state index in [9.17, 15) is 49.1 Å². The molecule has 1 aliphatic rings. The first-order valence-electron chi connectivity index (χ1n) is 11.8. The van der Waals surface area contributed by atoms with Gasteiger partial charge in [0.15, 0.2) is 0 Å². The lowest BCUT2D eigenvalue weighted by Crippen LogP contribution is -2.52. The van der Waals surface area contributed by atoms with Gasteiger partial charge in [-0.05, 0) is 55.3 Å². The quantitative estimate of drug-likeness (QED) is 0.268. The second-order valence-corrected chi connectivity index (χ2v) is 8.79. The van der Waals surface area contributed by atoms with Crippen LogP contribution >= 0.6 is 0 Å². The first kappa shape index (κ1) is 30.9. The van der Waals surface area contributed by atoms with Crippen molar-refractivity contribution < 1.29 is 58.6 Å². The zero-order valence-corrected chi connectivity index (χ0v) is 21.0. The van der Waals surface area contributed by atoms with Crippen molar-refractivity contribution >= 4 is 23.4 Å². The van der Waals surface area contributed by atoms with Gasteiger partial charge in [-0.25, -0.2) is 4.79 Å². The van der Waals surface area contributed by atoms with Crippen LogP contribution in [0.4, 0.5) is 55.7 Å². The molecule has 0 unspecified atom stereocenters. The van der Waals surface area contributed by atoms with E-state index in [1.165, 1.54) is 9.80 Å². The van der Waals surface area contributed by atoms with Crippen molar-refractivity contribution in [3.63, 3.8) is 0 Å². The first-order chi connectivity index (χ1) is 18.5. The maximum Gasteiger partial charge on any atom is 0.416 e. The summed E-state index contributed by atoms with van der Waals surface area (Å²) >= 11 is 0. The van der Waals surface area contributed by atoms with Crippen molar-refractivity contribution in [1.82, 2.24) is 0 Å². The van der Waals surface area contributed by atoms with E-state index in [0.717, 1.165) is 18.2 Å². The number of benzene rings is 2. The van der Waals surface area contributed by atoms with Crippen molar-refractivity contribution in [3.8, 4) is 0 Å². The standard InChI is InChI=1S/C25H23F9N2O4/c1-3-18-11-35(20-10-15(23(26,27)28)5-6-19(20)36(18)22(38)39-4-2)12-21(37)40-13-14-7-16(24(29,30)31)9-17(8-14)25(32,33)34/h5-10,18H,3-4,11-13H2,1-2H3/t18-/m1/s1. The van der Waals surface area contributed by atoms with E-state index < -0.39 is 72.0 Å². The molecule has 0 aromatic heterocycles. The van der Waals surface area contributed by atoms with Crippen LogP contribution in [0.15, 0.2) is 36.4 Å². The molecular weight excluding hydrogens is 563 g/mol. The van der Waals surface area contributed by atoms with E-state index in [2.05, 4.69) is 0 Å². The molecule has 0 saturated carbocycles. The molecule has 1 aliphatic heterocycles. The van der Waals surface area contributed by atoms with Crippen LogP contribution in [0.5, 0.6) is 0 Å². The minimum absolute atomic E-state index is 0.0105. The largest absolute Gasteiger partial charge is 0.459 e. The Bertz CT molecular complexity index is 1210. The molecule has 3 rings (SSSR count). The molecule has 0 bridgehead atoms. The number of amides is 1. The van der Waals surface area contributed by atoms with Crippen LogP contribution in [0.25, 0.3) is 0 Å². The van der Waals surface area contributed by atoms with Crippen molar-refractivity contribution in [2.45, 2.75) is 51.4 Å². The Labute approximate surface area is 222 Å². The van der Waals surface area contributed by atoms with Gasteiger partial charge >= 0.3 is 30.6 Å². The molecule has 1 heterocycles. The average Bonchev–Trinajstić information content (AvgIpc) is 2.85. The summed E-state index contributed by atoms with van der Waals surface area (Å²) in [5, 5.41) is 0. The van der Waals surface area contributed by atoms with Gasteiger partial charge in [-0.1, -0.05) is 6.92 Å². The summed E-state index contributed by atoms with van der Waals surface area (Å²) in [5.41, 5.74) is -5.00. The zero-order valence-electron chi connectivity index (χ0n) is 21.0. The number of carbonyl (C=O) groups is 2. The molecule has 40 heavy (non-hydrogen) atoms. The Hall–Kier alpha value is -3.65. The van der Waals surface area contributed by atoms with Crippen LogP contribution in [0, 0.1) is 0 Å². The minimum Gasteiger partial charge on any atom is -0.459 e. The zero-order chi connectivity index (χ0) is 30.0. The first-order valence-corrected chi connectivity index (χ1v) is 11.8. The molecule has 1 amide bonds. The molecule has 6 nitrogen and oxygen atoms in total. The van der Waals surface area contributed by atoms with Gasteiger partial charge in [-0.2, -0.15) is 39.5 Å². The van der Waals surface area contributed by atoms with Crippen LogP contribution in [0.3, 0.4) is 0 Å². The normalized spacial score (nSPS) is 16.0. The lowest BCUT2D eigenvalue weighted by Gasteiger charge is -2.42. The second kappa shape index (κ2) is 11.5. The van der Waals surface area contributed by atoms with Crippen LogP contribution in [0.2, 0.25) is 0 Å². The highest BCUT2D eigenvalue weighted by molar-refractivity contribution is 5.95. The summed E-state index contributed by atoms with van der Waals surface area (Å²) in [6, 6.07) is 2.62. The number of esters is 1. The molecule has 0 saturated heterocycles. The van der Waals surface area contributed by atoms with Gasteiger partial charge in [0.05, 0.1) is 40.7 Å². The topological polar surface area (TPSA) is 59.1 Å². The predicted octanol–water partition coefficient (Wildman–Crippen LogP) is 7.05. The molecular formula is C25H23F9N2O4. The van der Waals surface area contributed by atoms with Crippen molar-refractivity contribution in [2.75, 3.05) is 29.5 Å². The molecule has 15 heteroatoms. The molecule has 0 spiro atoms. The summed E-state index contributed by atoms with van der Waals surface area (Å²) in [7, 11) is 0. The van der Waals surface area contributed by atoms with Gasteiger partial charge in [-0.15, -0.1) is 0 Å². The number of anilines is 2. The molecule has 2 aromatic rings. The van der Waals surface area contributed by atoms with Crippen molar-refractivity contribution in [1.29, 1.82) is 0 Å². The van der Waals surface area contributed by atoms with Crippen molar-refractivity contribution in [2.24, 2.45) is 0 Å². The third-order valence-electron chi connectivity index (χ3n) is 6.00. The summed E-state index contributed by atoms with van der Waals surface area (Å²) in [4.78, 5) is 27.6. The molecule has 220 valence electrons. The van der Waals surface area contributed by atoms with Crippen LogP contribution in [-0.4, -0.2) is 37.8 Å². The lowest BCUT2D eigenvalue weighted by atomic mass is 10.0. The van der Waals surface area contributed by atoms with E-state index in [1.54, 1.807) is 13.8 Å². The van der Waals surface area contributed by atoms with E-state index >= 15 is 0 Å². The number of carbonyl (C=O) groups excluding carboxylic acids is 2. The van der Waals surface area contributed by atoms with Gasteiger partial charge < -0.3 is 14.4 Å². The summed E-state index contributed by atoms with van der Waals surface area (Å²) < 4.78 is 129. The highest BCUT2D eigenvalue weighted by atomic mass is 19.4. The van der Waals surface area contributed by atoms with Crippen LogP contribution in [0.1, 0.15) is 42.5 Å². The van der Waals surface area contributed by atoms with Gasteiger partial charge in [0.25, 0.3) is 0 Å². The molecule has 0 radical (unpaired) electrons. The third-order valence-corrected chi connectivity index (χ3v) is 6.00. The summed E-state index contributed by atoms with van der Waals surface area (Å²) in [6.07, 6.45) is -15.5. The summed E-state index contributed by atoms with van der Waals surface area (Å²) in [6.45, 7) is 1.42. The third kappa shape index (κ3) is 7.10.